The lowest BCUT2D eigenvalue weighted by Crippen LogP contribution is -2.44. The Labute approximate surface area is 92.9 Å². The lowest BCUT2D eigenvalue weighted by molar-refractivity contribution is 0.215. The Morgan fingerprint density at radius 1 is 1.50 bits per heavy atom. The lowest BCUT2D eigenvalue weighted by atomic mass is 10.1. The predicted molar refractivity (Wildman–Crippen MR) is 61.5 cm³/mol. The highest BCUT2D eigenvalue weighted by Crippen LogP contribution is 2.21. The average molecular weight is 259 g/mol. The Hall–Kier alpha value is -0.610. The van der Waals surface area contributed by atoms with Gasteiger partial charge in [0.15, 0.2) is 0 Å². The molecule has 0 atom stereocenters. The summed E-state index contributed by atoms with van der Waals surface area (Å²) < 4.78 is 0.801. The van der Waals surface area contributed by atoms with E-state index in [9.17, 15) is 5.11 Å². The second-order valence-corrected chi connectivity index (χ2v) is 4.66. The lowest BCUT2D eigenvalue weighted by Gasteiger charge is -2.34. The highest BCUT2D eigenvalue weighted by molar-refractivity contribution is 9.10. The van der Waals surface area contributed by atoms with Crippen molar-refractivity contribution in [2.45, 2.75) is 19.4 Å². The Morgan fingerprint density at radius 3 is 2.64 bits per heavy atom. The summed E-state index contributed by atoms with van der Waals surface area (Å²) in [5.74, 6) is 0.846. The molecule has 0 unspecified atom stereocenters. The number of likely N-dealkylation sites (N-methyl/N-ethyl adjacent to an activating group) is 1. The Bertz CT molecular complexity index is 315. The van der Waals surface area contributed by atoms with Gasteiger partial charge in [-0.1, -0.05) is 6.07 Å². The molecule has 0 spiro atoms. The molecule has 0 aliphatic carbocycles. The summed E-state index contributed by atoms with van der Waals surface area (Å²) in [6, 6.07) is 5.72. The molecule has 1 aromatic heterocycles. The fourth-order valence-electron chi connectivity index (χ4n) is 1.00. The number of anilines is 1. The topological polar surface area (TPSA) is 36.4 Å². The van der Waals surface area contributed by atoms with Gasteiger partial charge in [-0.25, -0.2) is 4.98 Å². The second-order valence-electron chi connectivity index (χ2n) is 3.85. The minimum Gasteiger partial charge on any atom is -0.394 e. The third kappa shape index (κ3) is 2.45. The molecular weight excluding hydrogens is 244 g/mol. The van der Waals surface area contributed by atoms with Crippen LogP contribution in [0.3, 0.4) is 0 Å². The van der Waals surface area contributed by atoms with Gasteiger partial charge in [0.1, 0.15) is 10.4 Å². The standard InChI is InChI=1S/C10H15BrN2O/c1-10(2,7-14)13(3)9-6-4-5-8(11)12-9/h4-6,14H,7H2,1-3H3. The van der Waals surface area contributed by atoms with Crippen molar-refractivity contribution in [3.63, 3.8) is 0 Å². The molecule has 0 radical (unpaired) electrons. The Kier molecular flexibility index (Phi) is 3.50. The van der Waals surface area contributed by atoms with Gasteiger partial charge in [-0.05, 0) is 41.9 Å². The quantitative estimate of drug-likeness (QED) is 0.844. The van der Waals surface area contributed by atoms with E-state index >= 15 is 0 Å². The Morgan fingerprint density at radius 2 is 2.14 bits per heavy atom. The molecule has 4 heteroatoms. The van der Waals surface area contributed by atoms with Gasteiger partial charge < -0.3 is 10.0 Å². The molecule has 0 aromatic carbocycles. The van der Waals surface area contributed by atoms with Gasteiger partial charge in [-0.3, -0.25) is 0 Å². The van der Waals surface area contributed by atoms with Crippen LogP contribution in [0.5, 0.6) is 0 Å². The van der Waals surface area contributed by atoms with Crippen molar-refractivity contribution in [2.75, 3.05) is 18.6 Å². The van der Waals surface area contributed by atoms with Crippen LogP contribution in [-0.2, 0) is 0 Å². The molecular formula is C10H15BrN2O. The van der Waals surface area contributed by atoms with Crippen molar-refractivity contribution in [1.29, 1.82) is 0 Å². The van der Waals surface area contributed by atoms with Crippen molar-refractivity contribution in [1.82, 2.24) is 4.98 Å². The molecule has 1 rings (SSSR count). The number of hydrogen-bond donors (Lipinski definition) is 1. The molecule has 0 saturated heterocycles. The fraction of sp³-hybridized carbons (Fsp3) is 0.500. The maximum Gasteiger partial charge on any atom is 0.130 e. The Balaban J connectivity index is 2.94. The number of aromatic nitrogens is 1. The molecule has 0 fully saturated rings. The number of aliphatic hydroxyl groups excluding tert-OH is 1. The van der Waals surface area contributed by atoms with Crippen LogP contribution in [0.25, 0.3) is 0 Å². The zero-order valence-electron chi connectivity index (χ0n) is 8.66. The van der Waals surface area contributed by atoms with Crippen molar-refractivity contribution in [2.24, 2.45) is 0 Å². The summed E-state index contributed by atoms with van der Waals surface area (Å²) in [7, 11) is 1.92. The molecule has 14 heavy (non-hydrogen) atoms. The molecule has 0 aliphatic heterocycles. The van der Waals surface area contributed by atoms with Crippen LogP contribution in [0.15, 0.2) is 22.8 Å². The number of pyridine rings is 1. The maximum absolute atomic E-state index is 9.21. The first-order chi connectivity index (χ1) is 6.47. The van der Waals surface area contributed by atoms with E-state index in [1.54, 1.807) is 0 Å². The molecule has 1 N–H and O–H groups in total. The van der Waals surface area contributed by atoms with E-state index in [0.717, 1.165) is 10.4 Å². The first-order valence-electron chi connectivity index (χ1n) is 4.44. The monoisotopic (exact) mass is 258 g/mol. The van der Waals surface area contributed by atoms with Crippen LogP contribution >= 0.6 is 15.9 Å². The van der Waals surface area contributed by atoms with E-state index in [-0.39, 0.29) is 12.1 Å². The van der Waals surface area contributed by atoms with E-state index in [2.05, 4.69) is 20.9 Å². The van der Waals surface area contributed by atoms with Crippen LogP contribution in [0, 0.1) is 0 Å². The zero-order valence-corrected chi connectivity index (χ0v) is 10.2. The highest BCUT2D eigenvalue weighted by atomic mass is 79.9. The smallest absolute Gasteiger partial charge is 0.130 e. The van der Waals surface area contributed by atoms with Crippen molar-refractivity contribution >= 4 is 21.7 Å². The normalized spacial score (nSPS) is 11.5. The van der Waals surface area contributed by atoms with Gasteiger partial charge in [0.2, 0.25) is 0 Å². The summed E-state index contributed by atoms with van der Waals surface area (Å²) >= 11 is 3.32. The van der Waals surface area contributed by atoms with Crippen LogP contribution in [-0.4, -0.2) is 29.3 Å². The molecule has 1 heterocycles. The molecule has 0 aliphatic rings. The number of halogens is 1. The first-order valence-corrected chi connectivity index (χ1v) is 5.24. The summed E-state index contributed by atoms with van der Waals surface area (Å²) in [6.07, 6.45) is 0. The molecule has 0 bridgehead atoms. The second kappa shape index (κ2) is 4.28. The van der Waals surface area contributed by atoms with E-state index in [4.69, 9.17) is 0 Å². The van der Waals surface area contributed by atoms with Gasteiger partial charge in [-0.15, -0.1) is 0 Å². The van der Waals surface area contributed by atoms with Gasteiger partial charge in [0, 0.05) is 7.05 Å². The zero-order chi connectivity index (χ0) is 10.8. The predicted octanol–water partition coefficient (Wildman–Crippen LogP) is 2.05. The van der Waals surface area contributed by atoms with E-state index in [1.165, 1.54) is 0 Å². The van der Waals surface area contributed by atoms with Crippen LogP contribution in [0.1, 0.15) is 13.8 Å². The number of rotatable bonds is 3. The minimum absolute atomic E-state index is 0.0949. The van der Waals surface area contributed by atoms with Crippen molar-refractivity contribution in [3.05, 3.63) is 22.8 Å². The van der Waals surface area contributed by atoms with E-state index < -0.39 is 0 Å². The van der Waals surface area contributed by atoms with Crippen LogP contribution in [0.2, 0.25) is 0 Å². The highest BCUT2D eigenvalue weighted by Gasteiger charge is 2.23. The first kappa shape index (κ1) is 11.5. The summed E-state index contributed by atoms with van der Waals surface area (Å²) in [4.78, 5) is 6.27. The number of hydrogen-bond acceptors (Lipinski definition) is 3. The molecule has 1 aromatic rings. The van der Waals surface area contributed by atoms with Crippen LogP contribution < -0.4 is 4.90 Å². The fourth-order valence-corrected chi connectivity index (χ4v) is 1.33. The number of aliphatic hydroxyl groups is 1. The van der Waals surface area contributed by atoms with Crippen molar-refractivity contribution in [3.8, 4) is 0 Å². The molecule has 78 valence electrons. The minimum atomic E-state index is -0.298. The van der Waals surface area contributed by atoms with Gasteiger partial charge in [0.25, 0.3) is 0 Å². The maximum atomic E-state index is 9.21. The molecule has 0 amide bonds. The summed E-state index contributed by atoms with van der Waals surface area (Å²) in [6.45, 7) is 4.03. The van der Waals surface area contributed by atoms with Gasteiger partial charge in [-0.2, -0.15) is 0 Å². The largest absolute Gasteiger partial charge is 0.394 e. The molecule has 0 saturated carbocycles. The number of nitrogens with zero attached hydrogens (tertiary/aromatic N) is 2. The van der Waals surface area contributed by atoms with Crippen molar-refractivity contribution < 1.29 is 5.11 Å². The molecule has 3 nitrogen and oxygen atoms in total. The third-order valence-corrected chi connectivity index (χ3v) is 2.78. The van der Waals surface area contributed by atoms with E-state index in [1.807, 2.05) is 44.0 Å². The van der Waals surface area contributed by atoms with Gasteiger partial charge in [0.05, 0.1) is 12.1 Å². The summed E-state index contributed by atoms with van der Waals surface area (Å²) in [5, 5.41) is 9.21. The average Bonchev–Trinajstić information content (AvgIpc) is 2.16. The van der Waals surface area contributed by atoms with E-state index in [0.29, 0.717) is 0 Å². The SMILES string of the molecule is CN(c1cccc(Br)n1)C(C)(C)CO. The van der Waals surface area contributed by atoms with Gasteiger partial charge >= 0.3 is 0 Å². The third-order valence-electron chi connectivity index (χ3n) is 2.34. The summed E-state index contributed by atoms with van der Waals surface area (Å²) in [5.41, 5.74) is -0.298. The van der Waals surface area contributed by atoms with Crippen LogP contribution in [0.4, 0.5) is 5.82 Å².